The molecule has 0 saturated heterocycles. The summed E-state index contributed by atoms with van der Waals surface area (Å²) < 4.78 is 46.2. The fourth-order valence-electron chi connectivity index (χ4n) is 1.82. The predicted octanol–water partition coefficient (Wildman–Crippen LogP) is 3.24. The highest BCUT2D eigenvalue weighted by molar-refractivity contribution is 5.67. The van der Waals surface area contributed by atoms with E-state index in [1.165, 1.54) is 19.2 Å². The lowest BCUT2D eigenvalue weighted by Gasteiger charge is -2.10. The molecule has 0 aliphatic rings. The first kappa shape index (κ1) is 13.4. The summed E-state index contributed by atoms with van der Waals surface area (Å²) in [5.74, 6) is -2.44. The Balaban J connectivity index is 2.65. The third-order valence-electron chi connectivity index (χ3n) is 2.79. The van der Waals surface area contributed by atoms with Gasteiger partial charge in [-0.2, -0.15) is 0 Å². The second-order valence-electron chi connectivity index (χ2n) is 3.98. The SMILES string of the molecule is COc1cc(F)c(-c2cc(CN)ccc2F)c(F)c1. The van der Waals surface area contributed by atoms with Crippen molar-refractivity contribution in [2.45, 2.75) is 6.54 Å². The van der Waals surface area contributed by atoms with Gasteiger partial charge in [0.15, 0.2) is 0 Å². The van der Waals surface area contributed by atoms with E-state index in [1.54, 1.807) is 0 Å². The van der Waals surface area contributed by atoms with Gasteiger partial charge in [0.1, 0.15) is 23.2 Å². The summed E-state index contributed by atoms with van der Waals surface area (Å²) in [4.78, 5) is 0. The Hall–Kier alpha value is -2.01. The number of methoxy groups -OCH3 is 1. The third kappa shape index (κ3) is 2.56. The van der Waals surface area contributed by atoms with Crippen molar-refractivity contribution < 1.29 is 17.9 Å². The zero-order chi connectivity index (χ0) is 14.0. The van der Waals surface area contributed by atoms with Gasteiger partial charge < -0.3 is 10.5 Å². The molecule has 2 N–H and O–H groups in total. The number of benzene rings is 2. The van der Waals surface area contributed by atoms with Crippen LogP contribution in [0.2, 0.25) is 0 Å². The standard InChI is InChI=1S/C14H12F3NO/c1-19-9-5-12(16)14(13(17)6-9)10-4-8(7-18)2-3-11(10)15/h2-6H,7,18H2,1H3. The molecule has 0 spiro atoms. The minimum atomic E-state index is -0.884. The van der Waals surface area contributed by atoms with Crippen molar-refractivity contribution in [1.29, 1.82) is 0 Å². The lowest BCUT2D eigenvalue weighted by molar-refractivity contribution is 0.407. The molecule has 0 aliphatic heterocycles. The largest absolute Gasteiger partial charge is 0.497 e. The summed E-state index contributed by atoms with van der Waals surface area (Å²) in [7, 11) is 1.30. The minimum absolute atomic E-state index is 0.0362. The molecule has 0 atom stereocenters. The van der Waals surface area contributed by atoms with E-state index in [2.05, 4.69) is 0 Å². The molecule has 0 aliphatic carbocycles. The first-order valence-electron chi connectivity index (χ1n) is 5.58. The lowest BCUT2D eigenvalue weighted by Crippen LogP contribution is -2.00. The van der Waals surface area contributed by atoms with Crippen LogP contribution in [-0.4, -0.2) is 7.11 Å². The van der Waals surface area contributed by atoms with Crippen LogP contribution < -0.4 is 10.5 Å². The van der Waals surface area contributed by atoms with Gasteiger partial charge in [-0.25, -0.2) is 13.2 Å². The Morgan fingerprint density at radius 3 is 2.16 bits per heavy atom. The smallest absolute Gasteiger partial charge is 0.137 e. The van der Waals surface area contributed by atoms with E-state index < -0.39 is 23.0 Å². The van der Waals surface area contributed by atoms with Gasteiger partial charge in [0.2, 0.25) is 0 Å². The van der Waals surface area contributed by atoms with Gasteiger partial charge in [-0.15, -0.1) is 0 Å². The molecule has 100 valence electrons. The number of ether oxygens (including phenoxy) is 1. The summed E-state index contributed by atoms with van der Waals surface area (Å²) >= 11 is 0. The van der Waals surface area contributed by atoms with E-state index in [4.69, 9.17) is 10.5 Å². The molecule has 2 aromatic rings. The fourth-order valence-corrected chi connectivity index (χ4v) is 1.82. The molecule has 0 amide bonds. The normalized spacial score (nSPS) is 10.6. The molecule has 0 unspecified atom stereocenters. The molecule has 0 aromatic heterocycles. The maximum Gasteiger partial charge on any atom is 0.137 e. The number of hydrogen-bond acceptors (Lipinski definition) is 2. The van der Waals surface area contributed by atoms with E-state index in [-0.39, 0.29) is 17.9 Å². The lowest BCUT2D eigenvalue weighted by atomic mass is 10.0. The average Bonchev–Trinajstić information content (AvgIpc) is 2.39. The minimum Gasteiger partial charge on any atom is -0.497 e. The Morgan fingerprint density at radius 1 is 1.00 bits per heavy atom. The van der Waals surface area contributed by atoms with Crippen LogP contribution >= 0.6 is 0 Å². The van der Waals surface area contributed by atoms with E-state index in [9.17, 15) is 13.2 Å². The van der Waals surface area contributed by atoms with Crippen LogP contribution in [0.5, 0.6) is 5.75 Å². The molecule has 0 fully saturated rings. The molecule has 0 saturated carbocycles. The molecular formula is C14H12F3NO. The van der Waals surface area contributed by atoms with Crippen LogP contribution in [0.1, 0.15) is 5.56 Å². The van der Waals surface area contributed by atoms with Crippen molar-refractivity contribution >= 4 is 0 Å². The maximum absolute atomic E-state index is 13.9. The molecule has 0 bridgehead atoms. The van der Waals surface area contributed by atoms with Crippen molar-refractivity contribution in [3.8, 4) is 16.9 Å². The summed E-state index contributed by atoms with van der Waals surface area (Å²) in [6.07, 6.45) is 0. The first-order valence-corrected chi connectivity index (χ1v) is 5.58. The van der Waals surface area contributed by atoms with Crippen LogP contribution in [0.3, 0.4) is 0 Å². The van der Waals surface area contributed by atoms with Gasteiger partial charge in [0, 0.05) is 24.2 Å². The van der Waals surface area contributed by atoms with Crippen molar-refractivity contribution in [2.24, 2.45) is 5.73 Å². The molecule has 5 heteroatoms. The monoisotopic (exact) mass is 267 g/mol. The van der Waals surface area contributed by atoms with Gasteiger partial charge in [0.05, 0.1) is 12.7 Å². The van der Waals surface area contributed by atoms with Crippen LogP contribution in [-0.2, 0) is 6.54 Å². The Morgan fingerprint density at radius 2 is 1.63 bits per heavy atom. The van der Waals surface area contributed by atoms with Crippen molar-refractivity contribution in [2.75, 3.05) is 7.11 Å². The Kier molecular flexibility index (Phi) is 3.76. The Labute approximate surface area is 108 Å². The van der Waals surface area contributed by atoms with Crippen LogP contribution in [0.25, 0.3) is 11.1 Å². The van der Waals surface area contributed by atoms with Gasteiger partial charge in [-0.1, -0.05) is 6.07 Å². The fraction of sp³-hybridized carbons (Fsp3) is 0.143. The maximum atomic E-state index is 13.9. The van der Waals surface area contributed by atoms with Gasteiger partial charge in [0.25, 0.3) is 0 Å². The summed E-state index contributed by atoms with van der Waals surface area (Å²) in [5.41, 5.74) is 5.45. The second-order valence-corrected chi connectivity index (χ2v) is 3.98. The highest BCUT2D eigenvalue weighted by atomic mass is 19.1. The van der Waals surface area contributed by atoms with Crippen LogP contribution in [0.15, 0.2) is 30.3 Å². The van der Waals surface area contributed by atoms with E-state index in [1.807, 2.05) is 0 Å². The summed E-state index contributed by atoms with van der Waals surface area (Å²) in [6.45, 7) is 0.159. The molecule has 0 radical (unpaired) electrons. The van der Waals surface area contributed by atoms with Crippen LogP contribution in [0, 0.1) is 17.5 Å². The van der Waals surface area contributed by atoms with Crippen molar-refractivity contribution in [3.05, 3.63) is 53.3 Å². The van der Waals surface area contributed by atoms with Crippen molar-refractivity contribution in [1.82, 2.24) is 0 Å². The number of halogens is 3. The highest BCUT2D eigenvalue weighted by Crippen LogP contribution is 2.32. The molecular weight excluding hydrogens is 255 g/mol. The van der Waals surface area contributed by atoms with E-state index >= 15 is 0 Å². The topological polar surface area (TPSA) is 35.2 Å². The quantitative estimate of drug-likeness (QED) is 0.926. The van der Waals surface area contributed by atoms with Gasteiger partial charge in [-0.3, -0.25) is 0 Å². The number of rotatable bonds is 3. The summed E-state index contributed by atoms with van der Waals surface area (Å²) in [6, 6.07) is 5.96. The molecule has 2 nitrogen and oxygen atoms in total. The average molecular weight is 267 g/mol. The van der Waals surface area contributed by atoms with Crippen LogP contribution in [0.4, 0.5) is 13.2 Å². The predicted molar refractivity (Wildman–Crippen MR) is 66.2 cm³/mol. The van der Waals surface area contributed by atoms with E-state index in [0.29, 0.717) is 5.56 Å². The molecule has 2 rings (SSSR count). The molecule has 2 aromatic carbocycles. The second kappa shape index (κ2) is 5.32. The first-order chi connectivity index (χ1) is 9.06. The molecule has 19 heavy (non-hydrogen) atoms. The zero-order valence-electron chi connectivity index (χ0n) is 10.2. The molecule has 0 heterocycles. The van der Waals surface area contributed by atoms with Crippen molar-refractivity contribution in [3.63, 3.8) is 0 Å². The zero-order valence-corrected chi connectivity index (χ0v) is 10.2. The highest BCUT2D eigenvalue weighted by Gasteiger charge is 2.17. The number of hydrogen-bond donors (Lipinski definition) is 1. The van der Waals surface area contributed by atoms with Gasteiger partial charge >= 0.3 is 0 Å². The number of nitrogens with two attached hydrogens (primary N) is 1. The third-order valence-corrected chi connectivity index (χ3v) is 2.79. The van der Waals surface area contributed by atoms with Gasteiger partial charge in [-0.05, 0) is 17.7 Å². The summed E-state index contributed by atoms with van der Waals surface area (Å²) in [5, 5.41) is 0. The Bertz CT molecular complexity index is 591. The van der Waals surface area contributed by atoms with E-state index in [0.717, 1.165) is 18.2 Å².